The van der Waals surface area contributed by atoms with Crippen molar-refractivity contribution >= 4 is 34.2 Å². The van der Waals surface area contributed by atoms with Gasteiger partial charge in [-0.25, -0.2) is 4.39 Å². The maximum absolute atomic E-state index is 14.0. The fraction of sp³-hybridized carbons (Fsp3) is 0.308. The zero-order chi connectivity index (χ0) is 14.5. The second-order valence-electron chi connectivity index (χ2n) is 4.11. The third kappa shape index (κ3) is 3.57. The summed E-state index contributed by atoms with van der Waals surface area (Å²) in [5.74, 6) is -0.0829. The Morgan fingerprint density at radius 2 is 2.40 bits per heavy atom. The van der Waals surface area contributed by atoms with E-state index >= 15 is 0 Å². The van der Waals surface area contributed by atoms with Crippen LogP contribution in [0.15, 0.2) is 28.3 Å². The summed E-state index contributed by atoms with van der Waals surface area (Å²) >= 11 is 1.49. The molecule has 0 radical (unpaired) electrons. The number of nitrogens with zero attached hydrogens (tertiary/aromatic N) is 2. The van der Waals surface area contributed by atoms with Crippen molar-refractivity contribution in [3.05, 3.63) is 29.6 Å². The maximum atomic E-state index is 14.0. The van der Waals surface area contributed by atoms with Gasteiger partial charge >= 0.3 is 0 Å². The van der Waals surface area contributed by atoms with Gasteiger partial charge in [-0.05, 0) is 25.1 Å². The molecule has 1 aliphatic heterocycles. The van der Waals surface area contributed by atoms with Crippen molar-refractivity contribution in [1.82, 2.24) is 5.43 Å². The van der Waals surface area contributed by atoms with Crippen LogP contribution in [0, 0.1) is 5.82 Å². The first-order valence-electron chi connectivity index (χ1n) is 6.17. The molecule has 1 aromatic carbocycles. The number of carbonyl (C=O) groups excluding carboxylic acids is 1. The summed E-state index contributed by atoms with van der Waals surface area (Å²) in [6, 6.07) is 4.56. The van der Waals surface area contributed by atoms with Crippen molar-refractivity contribution in [1.29, 1.82) is 0 Å². The van der Waals surface area contributed by atoms with Crippen LogP contribution in [0.2, 0.25) is 0 Å². The summed E-state index contributed by atoms with van der Waals surface area (Å²) < 4.78 is 14.0. The summed E-state index contributed by atoms with van der Waals surface area (Å²) in [4.78, 5) is 15.1. The van der Waals surface area contributed by atoms with Crippen LogP contribution in [0.1, 0.15) is 19.4 Å². The number of nitrogens with one attached hydrogen (secondary N) is 2. The first kappa shape index (κ1) is 14.5. The highest BCUT2D eigenvalue weighted by Gasteiger charge is 2.16. The zero-order valence-electron chi connectivity index (χ0n) is 11.2. The maximum Gasteiger partial charge on any atom is 0.221 e. The van der Waals surface area contributed by atoms with Crippen molar-refractivity contribution in [2.75, 3.05) is 17.6 Å². The molecule has 0 fully saturated rings. The molecule has 106 valence electrons. The summed E-state index contributed by atoms with van der Waals surface area (Å²) in [6.07, 6.45) is 0. The molecule has 0 atom stereocenters. The summed E-state index contributed by atoms with van der Waals surface area (Å²) in [6.45, 7) is 4.00. The molecule has 1 aliphatic rings. The van der Waals surface area contributed by atoms with Gasteiger partial charge in [-0.1, -0.05) is 11.8 Å². The molecule has 0 unspecified atom stereocenters. The van der Waals surface area contributed by atoms with Gasteiger partial charge in [-0.2, -0.15) is 5.10 Å². The Bertz CT molecular complexity index is 586. The largest absolute Gasteiger partial charge is 0.326 e. The lowest BCUT2D eigenvalue weighted by Crippen LogP contribution is -2.26. The van der Waals surface area contributed by atoms with Crippen LogP contribution < -0.4 is 10.7 Å². The minimum atomic E-state index is -0.409. The van der Waals surface area contributed by atoms with Crippen LogP contribution in [-0.2, 0) is 4.79 Å². The van der Waals surface area contributed by atoms with Crippen molar-refractivity contribution in [3.63, 3.8) is 0 Å². The third-order valence-corrected chi connectivity index (χ3v) is 3.45. The molecule has 5 nitrogen and oxygen atoms in total. The van der Waals surface area contributed by atoms with Crippen LogP contribution in [0.5, 0.6) is 0 Å². The van der Waals surface area contributed by atoms with E-state index in [-0.39, 0.29) is 5.91 Å². The fourth-order valence-electron chi connectivity index (χ4n) is 1.71. The second-order valence-corrected chi connectivity index (χ2v) is 5.08. The van der Waals surface area contributed by atoms with Crippen LogP contribution in [0.3, 0.4) is 0 Å². The fourth-order valence-corrected chi connectivity index (χ4v) is 2.53. The third-order valence-electron chi connectivity index (χ3n) is 2.53. The van der Waals surface area contributed by atoms with E-state index in [0.29, 0.717) is 29.3 Å². The molecule has 1 aromatic rings. The minimum Gasteiger partial charge on any atom is -0.326 e. The molecule has 0 spiro atoms. The highest BCUT2D eigenvalue weighted by atomic mass is 32.2. The number of rotatable bonds is 3. The lowest BCUT2D eigenvalue weighted by Gasteiger charge is -2.15. The lowest BCUT2D eigenvalue weighted by atomic mass is 10.1. The standard InChI is InChI=1S/C13H15FN4OS/c1-3-15-13-18-17-12(7-20-13)10-5-4-9(6-11(10)14)16-8(2)19/h4-6H,3,7H2,1-2H3,(H,15,18)(H,16,19). The van der Waals surface area contributed by atoms with Gasteiger partial charge in [0.25, 0.3) is 0 Å². The van der Waals surface area contributed by atoms with Gasteiger partial charge in [-0.15, -0.1) is 0 Å². The number of halogens is 1. The number of carbonyl (C=O) groups is 1. The number of benzene rings is 1. The molecule has 2 rings (SSSR count). The molecule has 0 saturated carbocycles. The molecule has 0 saturated heterocycles. The Kier molecular flexibility index (Phi) is 4.73. The van der Waals surface area contributed by atoms with Gasteiger partial charge in [0.05, 0.1) is 5.71 Å². The van der Waals surface area contributed by atoms with E-state index in [2.05, 4.69) is 20.8 Å². The average Bonchev–Trinajstić information content (AvgIpc) is 2.40. The molecular weight excluding hydrogens is 279 g/mol. The number of amides is 1. The van der Waals surface area contributed by atoms with Crippen molar-refractivity contribution in [2.45, 2.75) is 13.8 Å². The molecule has 7 heteroatoms. The van der Waals surface area contributed by atoms with Gasteiger partial charge in [0.15, 0.2) is 5.17 Å². The van der Waals surface area contributed by atoms with Crippen LogP contribution in [0.25, 0.3) is 0 Å². The highest BCUT2D eigenvalue weighted by Crippen LogP contribution is 2.19. The van der Waals surface area contributed by atoms with E-state index < -0.39 is 5.82 Å². The van der Waals surface area contributed by atoms with E-state index in [4.69, 9.17) is 0 Å². The normalized spacial score (nSPS) is 16.6. The van der Waals surface area contributed by atoms with E-state index in [1.165, 1.54) is 24.8 Å². The van der Waals surface area contributed by atoms with Crippen molar-refractivity contribution in [2.24, 2.45) is 10.1 Å². The lowest BCUT2D eigenvalue weighted by molar-refractivity contribution is -0.114. The first-order valence-corrected chi connectivity index (χ1v) is 7.16. The van der Waals surface area contributed by atoms with E-state index in [0.717, 1.165) is 5.17 Å². The Hall–Kier alpha value is -1.89. The number of anilines is 1. The molecule has 0 aromatic heterocycles. The van der Waals surface area contributed by atoms with Crippen molar-refractivity contribution < 1.29 is 9.18 Å². The zero-order valence-corrected chi connectivity index (χ0v) is 12.1. The molecule has 1 heterocycles. The van der Waals surface area contributed by atoms with Crippen molar-refractivity contribution in [3.8, 4) is 0 Å². The Morgan fingerprint density at radius 1 is 1.60 bits per heavy atom. The number of hydrogen-bond acceptors (Lipinski definition) is 4. The smallest absolute Gasteiger partial charge is 0.221 e. The predicted octanol–water partition coefficient (Wildman–Crippen LogP) is 2.20. The monoisotopic (exact) mass is 294 g/mol. The SMILES string of the molecule is CCN=C1NN=C(c2ccc(NC(C)=O)cc2F)CS1. The number of amidine groups is 1. The topological polar surface area (TPSA) is 65.8 Å². The molecule has 2 N–H and O–H groups in total. The van der Waals surface area contributed by atoms with Gasteiger partial charge in [-0.3, -0.25) is 15.2 Å². The van der Waals surface area contributed by atoms with E-state index in [9.17, 15) is 9.18 Å². The molecule has 1 amide bonds. The van der Waals surface area contributed by atoms with Gasteiger partial charge < -0.3 is 5.32 Å². The molecular formula is C13H15FN4OS. The number of thioether (sulfide) groups is 1. The molecule has 0 aliphatic carbocycles. The van der Waals surface area contributed by atoms with E-state index in [1.54, 1.807) is 12.1 Å². The first-order chi connectivity index (χ1) is 9.60. The molecule has 20 heavy (non-hydrogen) atoms. The number of aliphatic imine (C=N–C) groups is 1. The predicted molar refractivity (Wildman–Crippen MR) is 80.8 cm³/mol. The van der Waals surface area contributed by atoms with Crippen LogP contribution >= 0.6 is 11.8 Å². The number of hydrogen-bond donors (Lipinski definition) is 2. The second kappa shape index (κ2) is 6.51. The highest BCUT2D eigenvalue weighted by molar-refractivity contribution is 8.14. The van der Waals surface area contributed by atoms with Gasteiger partial charge in [0.2, 0.25) is 5.91 Å². The quantitative estimate of drug-likeness (QED) is 0.898. The minimum absolute atomic E-state index is 0.232. The number of hydrazone groups is 1. The Balaban J connectivity index is 2.18. The van der Waals surface area contributed by atoms with Gasteiger partial charge in [0.1, 0.15) is 5.82 Å². The van der Waals surface area contributed by atoms with Crippen LogP contribution in [-0.4, -0.2) is 29.1 Å². The van der Waals surface area contributed by atoms with Crippen LogP contribution in [0.4, 0.5) is 10.1 Å². The Morgan fingerprint density at radius 3 is 2.95 bits per heavy atom. The Labute approximate surface area is 120 Å². The average molecular weight is 294 g/mol. The van der Waals surface area contributed by atoms with E-state index in [1.807, 2.05) is 6.92 Å². The molecule has 0 bridgehead atoms. The van der Waals surface area contributed by atoms with Gasteiger partial charge in [0, 0.05) is 30.5 Å². The summed E-state index contributed by atoms with van der Waals surface area (Å²) in [5.41, 5.74) is 4.29. The summed E-state index contributed by atoms with van der Waals surface area (Å²) in [7, 11) is 0. The summed E-state index contributed by atoms with van der Waals surface area (Å²) in [5, 5.41) is 7.42.